The zero-order valence-corrected chi connectivity index (χ0v) is 13.5. The van der Waals surface area contributed by atoms with Gasteiger partial charge in [-0.1, -0.05) is 24.3 Å². The van der Waals surface area contributed by atoms with Gasteiger partial charge >= 0.3 is 0 Å². The molecule has 2 aliphatic rings. The highest BCUT2D eigenvalue weighted by atomic mass is 16.5. The van der Waals surface area contributed by atoms with Crippen molar-refractivity contribution in [2.45, 2.75) is 19.1 Å². The normalized spacial score (nSPS) is 20.5. The first kappa shape index (κ1) is 14.9. The minimum absolute atomic E-state index is 0.720. The van der Waals surface area contributed by atoms with E-state index in [1.165, 1.54) is 24.2 Å². The van der Waals surface area contributed by atoms with Gasteiger partial charge in [0.15, 0.2) is 0 Å². The molecule has 2 fully saturated rings. The van der Waals surface area contributed by atoms with Gasteiger partial charge in [0.05, 0.1) is 19.8 Å². The zero-order chi connectivity index (χ0) is 15.5. The van der Waals surface area contributed by atoms with Crippen molar-refractivity contribution in [2.75, 3.05) is 39.4 Å². The molecule has 1 aromatic heterocycles. The second-order valence-electron chi connectivity index (χ2n) is 6.47. The van der Waals surface area contributed by atoms with Gasteiger partial charge in [-0.25, -0.2) is 0 Å². The van der Waals surface area contributed by atoms with Gasteiger partial charge in [0, 0.05) is 51.2 Å². The van der Waals surface area contributed by atoms with E-state index in [2.05, 4.69) is 39.2 Å². The Bertz CT molecular complexity index is 616. The number of rotatable bonds is 5. The van der Waals surface area contributed by atoms with Gasteiger partial charge < -0.3 is 4.74 Å². The Balaban J connectivity index is 1.35. The molecule has 0 saturated carbocycles. The summed E-state index contributed by atoms with van der Waals surface area (Å²) < 4.78 is 7.43. The highest BCUT2D eigenvalue weighted by Crippen LogP contribution is 2.21. The lowest BCUT2D eigenvalue weighted by molar-refractivity contribution is -0.0344. The first-order chi connectivity index (χ1) is 11.4. The van der Waals surface area contributed by atoms with Crippen LogP contribution in [0.5, 0.6) is 0 Å². The van der Waals surface area contributed by atoms with Crippen molar-refractivity contribution >= 4 is 0 Å². The zero-order valence-electron chi connectivity index (χ0n) is 13.5. The molecule has 1 aromatic carbocycles. The van der Waals surface area contributed by atoms with E-state index in [1.54, 1.807) is 0 Å². The number of nitrogens with zero attached hydrogens (tertiary/aromatic N) is 4. The van der Waals surface area contributed by atoms with Crippen molar-refractivity contribution in [3.63, 3.8) is 0 Å². The van der Waals surface area contributed by atoms with Crippen molar-refractivity contribution in [2.24, 2.45) is 0 Å². The molecule has 0 N–H and O–H groups in total. The van der Waals surface area contributed by atoms with Crippen LogP contribution in [0.1, 0.15) is 11.1 Å². The van der Waals surface area contributed by atoms with Gasteiger partial charge in [-0.05, 0) is 17.2 Å². The molecule has 3 heterocycles. The molecule has 0 unspecified atom stereocenters. The molecule has 5 heteroatoms. The Morgan fingerprint density at radius 2 is 1.74 bits per heavy atom. The maximum Gasteiger partial charge on any atom is 0.0662 e. The molecule has 0 bridgehead atoms. The highest BCUT2D eigenvalue weighted by molar-refractivity contribution is 5.27. The fourth-order valence-corrected chi connectivity index (χ4v) is 3.52. The van der Waals surface area contributed by atoms with Crippen LogP contribution in [-0.2, 0) is 17.8 Å². The highest BCUT2D eigenvalue weighted by Gasteiger charge is 2.32. The molecule has 122 valence electrons. The number of likely N-dealkylation sites (tertiary alicyclic amines) is 1. The molecule has 0 radical (unpaired) electrons. The standard InChI is InChI=1S/C18H24N4O/c1-2-5-17(13-22-7-3-6-19-22)16(4-1)12-20-14-18(15-20)21-8-10-23-11-9-21/h1-7,18H,8-15H2. The number of aromatic nitrogens is 2. The van der Waals surface area contributed by atoms with E-state index in [1.807, 2.05) is 23.1 Å². The van der Waals surface area contributed by atoms with Gasteiger partial charge in [-0.3, -0.25) is 14.5 Å². The first-order valence-electron chi connectivity index (χ1n) is 8.47. The van der Waals surface area contributed by atoms with Crippen LogP contribution in [0.15, 0.2) is 42.7 Å². The Hall–Kier alpha value is -1.69. The SMILES string of the molecule is c1ccc(Cn2cccn2)c(CN2CC(N3CCOCC3)C2)c1. The van der Waals surface area contributed by atoms with Crippen molar-refractivity contribution < 1.29 is 4.74 Å². The van der Waals surface area contributed by atoms with Crippen LogP contribution in [0.3, 0.4) is 0 Å². The number of hydrogen-bond acceptors (Lipinski definition) is 4. The summed E-state index contributed by atoms with van der Waals surface area (Å²) in [7, 11) is 0. The Morgan fingerprint density at radius 3 is 2.43 bits per heavy atom. The minimum Gasteiger partial charge on any atom is -0.379 e. The van der Waals surface area contributed by atoms with E-state index in [0.717, 1.165) is 45.4 Å². The van der Waals surface area contributed by atoms with Crippen LogP contribution in [0.4, 0.5) is 0 Å². The average Bonchev–Trinajstić information content (AvgIpc) is 3.06. The number of benzene rings is 1. The van der Waals surface area contributed by atoms with Crippen LogP contribution in [0.2, 0.25) is 0 Å². The van der Waals surface area contributed by atoms with Gasteiger partial charge in [0.2, 0.25) is 0 Å². The molecule has 0 amide bonds. The molecule has 2 aromatic rings. The van der Waals surface area contributed by atoms with Crippen molar-refractivity contribution in [1.82, 2.24) is 19.6 Å². The summed E-state index contributed by atoms with van der Waals surface area (Å²) in [4.78, 5) is 5.12. The minimum atomic E-state index is 0.720. The average molecular weight is 312 g/mol. The molecule has 0 spiro atoms. The van der Waals surface area contributed by atoms with E-state index in [4.69, 9.17) is 4.74 Å². The van der Waals surface area contributed by atoms with E-state index >= 15 is 0 Å². The molecule has 5 nitrogen and oxygen atoms in total. The molecule has 2 saturated heterocycles. The predicted molar refractivity (Wildman–Crippen MR) is 89.2 cm³/mol. The molecule has 23 heavy (non-hydrogen) atoms. The lowest BCUT2D eigenvalue weighted by atomic mass is 10.0. The molecular formula is C18H24N4O. The summed E-state index contributed by atoms with van der Waals surface area (Å²) in [5, 5.41) is 4.32. The summed E-state index contributed by atoms with van der Waals surface area (Å²) >= 11 is 0. The van der Waals surface area contributed by atoms with E-state index < -0.39 is 0 Å². The van der Waals surface area contributed by atoms with E-state index in [9.17, 15) is 0 Å². The second kappa shape index (κ2) is 6.83. The van der Waals surface area contributed by atoms with Crippen LogP contribution < -0.4 is 0 Å². The molecule has 4 rings (SSSR count). The molecule has 0 atom stereocenters. The summed E-state index contributed by atoms with van der Waals surface area (Å²) in [6, 6.07) is 11.4. The summed E-state index contributed by atoms with van der Waals surface area (Å²) in [6.07, 6.45) is 3.86. The summed E-state index contributed by atoms with van der Waals surface area (Å²) in [5.74, 6) is 0. The van der Waals surface area contributed by atoms with Crippen molar-refractivity contribution in [1.29, 1.82) is 0 Å². The lowest BCUT2D eigenvalue weighted by Crippen LogP contribution is -2.60. The third-order valence-electron chi connectivity index (χ3n) is 4.90. The number of hydrogen-bond donors (Lipinski definition) is 0. The Kier molecular flexibility index (Phi) is 4.41. The quantitative estimate of drug-likeness (QED) is 0.837. The maximum atomic E-state index is 5.44. The Labute approximate surface area is 137 Å². The molecule has 2 aliphatic heterocycles. The maximum absolute atomic E-state index is 5.44. The summed E-state index contributed by atoms with van der Waals surface area (Å²) in [6.45, 7) is 8.21. The van der Waals surface area contributed by atoms with E-state index in [0.29, 0.717) is 0 Å². The van der Waals surface area contributed by atoms with Gasteiger partial charge in [-0.15, -0.1) is 0 Å². The lowest BCUT2D eigenvalue weighted by Gasteiger charge is -2.46. The first-order valence-corrected chi connectivity index (χ1v) is 8.47. The van der Waals surface area contributed by atoms with Crippen LogP contribution in [-0.4, -0.2) is 65.0 Å². The smallest absolute Gasteiger partial charge is 0.0662 e. The number of ether oxygens (including phenoxy) is 1. The fraction of sp³-hybridized carbons (Fsp3) is 0.500. The van der Waals surface area contributed by atoms with E-state index in [-0.39, 0.29) is 0 Å². The van der Waals surface area contributed by atoms with Gasteiger partial charge in [0.1, 0.15) is 0 Å². The predicted octanol–water partition coefficient (Wildman–Crippen LogP) is 1.45. The third-order valence-corrected chi connectivity index (χ3v) is 4.90. The van der Waals surface area contributed by atoms with Crippen LogP contribution in [0.25, 0.3) is 0 Å². The largest absolute Gasteiger partial charge is 0.379 e. The molecular weight excluding hydrogens is 288 g/mol. The van der Waals surface area contributed by atoms with Crippen LogP contribution >= 0.6 is 0 Å². The van der Waals surface area contributed by atoms with Crippen LogP contribution in [0, 0.1) is 0 Å². The topological polar surface area (TPSA) is 33.5 Å². The summed E-state index contributed by atoms with van der Waals surface area (Å²) in [5.41, 5.74) is 2.79. The Morgan fingerprint density at radius 1 is 1.00 bits per heavy atom. The fourth-order valence-electron chi connectivity index (χ4n) is 3.52. The second-order valence-corrected chi connectivity index (χ2v) is 6.47. The molecule has 0 aliphatic carbocycles. The van der Waals surface area contributed by atoms with Crippen molar-refractivity contribution in [3.05, 3.63) is 53.9 Å². The monoisotopic (exact) mass is 312 g/mol. The third kappa shape index (κ3) is 3.47. The van der Waals surface area contributed by atoms with Gasteiger partial charge in [0.25, 0.3) is 0 Å². The number of morpholine rings is 1. The van der Waals surface area contributed by atoms with Crippen molar-refractivity contribution in [3.8, 4) is 0 Å². The van der Waals surface area contributed by atoms with Gasteiger partial charge in [-0.2, -0.15) is 5.10 Å².